The second-order valence-electron chi connectivity index (χ2n) is 8.04. The maximum Gasteiger partial charge on any atom is 0.314 e. The second kappa shape index (κ2) is 9.57. The highest BCUT2D eigenvalue weighted by Gasteiger charge is 2.39. The normalized spacial score (nSPS) is 16.3. The highest BCUT2D eigenvalue weighted by atomic mass is 35.5. The Labute approximate surface area is 195 Å². The van der Waals surface area contributed by atoms with E-state index in [1.54, 1.807) is 6.92 Å². The Kier molecular flexibility index (Phi) is 6.79. The quantitative estimate of drug-likeness (QED) is 0.299. The molecule has 166 valence electrons. The first-order valence-corrected chi connectivity index (χ1v) is 11.0. The maximum atomic E-state index is 13.4. The van der Waals surface area contributed by atoms with Gasteiger partial charge in [-0.1, -0.05) is 54.4 Å². The van der Waals surface area contributed by atoms with Crippen molar-refractivity contribution in [2.24, 2.45) is 11.8 Å². The number of rotatable bonds is 6. The average Bonchev–Trinajstić information content (AvgIpc) is 2.70. The van der Waals surface area contributed by atoms with Gasteiger partial charge in [-0.2, -0.15) is 0 Å². The van der Waals surface area contributed by atoms with E-state index < -0.39 is 23.5 Å². The number of benzene rings is 3. The standard InChI is InChI=1S/C25H21Cl2F2NO2/c1-15(25(31)32-23-11-21(28)10-22(29)12-23)18-13-30(14-18)24(16-5-7-19(26)8-6-16)17-3-2-4-20(27)9-17/h2-12,15,18,24H,13-14H2,1H3. The van der Waals surface area contributed by atoms with Gasteiger partial charge in [-0.15, -0.1) is 0 Å². The first-order valence-electron chi connectivity index (χ1n) is 10.2. The fourth-order valence-electron chi connectivity index (χ4n) is 4.00. The second-order valence-corrected chi connectivity index (χ2v) is 8.91. The summed E-state index contributed by atoms with van der Waals surface area (Å²) < 4.78 is 32.0. The minimum atomic E-state index is -0.789. The van der Waals surface area contributed by atoms with Crippen LogP contribution in [0.5, 0.6) is 5.75 Å². The maximum absolute atomic E-state index is 13.4. The molecule has 1 fully saturated rings. The van der Waals surface area contributed by atoms with E-state index in [-0.39, 0.29) is 17.7 Å². The Morgan fingerprint density at radius 1 is 0.938 bits per heavy atom. The van der Waals surface area contributed by atoms with E-state index in [4.69, 9.17) is 27.9 Å². The van der Waals surface area contributed by atoms with E-state index >= 15 is 0 Å². The highest BCUT2D eigenvalue weighted by Crippen LogP contribution is 2.38. The summed E-state index contributed by atoms with van der Waals surface area (Å²) in [5, 5.41) is 1.31. The molecule has 1 heterocycles. The minimum Gasteiger partial charge on any atom is -0.426 e. The van der Waals surface area contributed by atoms with Gasteiger partial charge in [-0.3, -0.25) is 9.69 Å². The predicted molar refractivity (Wildman–Crippen MR) is 121 cm³/mol. The summed E-state index contributed by atoms with van der Waals surface area (Å²) in [4.78, 5) is 14.8. The van der Waals surface area contributed by atoms with Crippen LogP contribution >= 0.6 is 23.2 Å². The molecule has 3 nitrogen and oxygen atoms in total. The third kappa shape index (κ3) is 5.12. The van der Waals surface area contributed by atoms with Crippen LogP contribution in [-0.4, -0.2) is 24.0 Å². The number of esters is 1. The van der Waals surface area contributed by atoms with Crippen LogP contribution in [-0.2, 0) is 4.79 Å². The molecule has 1 aliphatic rings. The molecule has 3 aromatic carbocycles. The number of ether oxygens (including phenoxy) is 1. The number of carbonyl (C=O) groups excluding carboxylic acids is 1. The van der Waals surface area contributed by atoms with Gasteiger partial charge in [0.1, 0.15) is 17.4 Å². The van der Waals surface area contributed by atoms with Crippen molar-refractivity contribution in [3.05, 3.63) is 99.5 Å². The first-order chi connectivity index (χ1) is 15.3. The molecular weight excluding hydrogens is 455 g/mol. The van der Waals surface area contributed by atoms with Crippen LogP contribution in [0.2, 0.25) is 10.0 Å². The predicted octanol–water partition coefficient (Wildman–Crippen LogP) is 6.53. The van der Waals surface area contributed by atoms with Crippen molar-refractivity contribution in [2.75, 3.05) is 13.1 Å². The topological polar surface area (TPSA) is 29.5 Å². The smallest absolute Gasteiger partial charge is 0.314 e. The molecule has 0 amide bonds. The van der Waals surface area contributed by atoms with Crippen LogP contribution in [0.25, 0.3) is 0 Å². The number of nitrogens with zero attached hydrogens (tertiary/aromatic N) is 1. The van der Waals surface area contributed by atoms with Crippen molar-refractivity contribution in [1.82, 2.24) is 4.90 Å². The van der Waals surface area contributed by atoms with Crippen molar-refractivity contribution < 1.29 is 18.3 Å². The Balaban J connectivity index is 1.47. The molecule has 4 rings (SSSR count). The van der Waals surface area contributed by atoms with Crippen molar-refractivity contribution in [1.29, 1.82) is 0 Å². The summed E-state index contributed by atoms with van der Waals surface area (Å²) in [6.45, 7) is 3.10. The number of likely N-dealkylation sites (tertiary alicyclic amines) is 1. The van der Waals surface area contributed by atoms with Crippen LogP contribution < -0.4 is 4.74 Å². The van der Waals surface area contributed by atoms with Gasteiger partial charge in [0.25, 0.3) is 0 Å². The Hall–Kier alpha value is -2.47. The molecular formula is C25H21Cl2F2NO2. The van der Waals surface area contributed by atoms with Crippen LogP contribution in [0.15, 0.2) is 66.7 Å². The van der Waals surface area contributed by atoms with Gasteiger partial charge in [-0.05, 0) is 41.3 Å². The molecule has 1 saturated heterocycles. The van der Waals surface area contributed by atoms with E-state index in [9.17, 15) is 13.6 Å². The zero-order valence-electron chi connectivity index (χ0n) is 17.3. The monoisotopic (exact) mass is 475 g/mol. The molecule has 2 atom stereocenters. The SMILES string of the molecule is CC(C(=O)Oc1cc(F)cc(F)c1)C1CN(C(c2ccc(Cl)cc2)c2cccc(Cl)c2)C1. The van der Waals surface area contributed by atoms with E-state index in [1.165, 1.54) is 0 Å². The third-order valence-electron chi connectivity index (χ3n) is 5.79. The van der Waals surface area contributed by atoms with Gasteiger partial charge in [0, 0.05) is 41.3 Å². The Morgan fingerprint density at radius 2 is 1.59 bits per heavy atom. The summed E-state index contributed by atoms with van der Waals surface area (Å²) >= 11 is 12.3. The lowest BCUT2D eigenvalue weighted by Crippen LogP contribution is -2.52. The molecule has 0 aliphatic carbocycles. The van der Waals surface area contributed by atoms with Crippen molar-refractivity contribution in [3.8, 4) is 5.75 Å². The number of carbonyl (C=O) groups is 1. The summed E-state index contributed by atoms with van der Waals surface area (Å²) in [5.74, 6) is -2.60. The number of halogens is 4. The zero-order chi connectivity index (χ0) is 22.8. The van der Waals surface area contributed by atoms with Gasteiger partial charge < -0.3 is 4.74 Å². The fraction of sp³-hybridized carbons (Fsp3) is 0.240. The average molecular weight is 476 g/mol. The molecule has 0 bridgehead atoms. The van der Waals surface area contributed by atoms with E-state index in [1.807, 2.05) is 48.5 Å². The fourth-order valence-corrected chi connectivity index (χ4v) is 4.33. The lowest BCUT2D eigenvalue weighted by Gasteiger charge is -2.46. The molecule has 0 N–H and O–H groups in total. The van der Waals surface area contributed by atoms with Gasteiger partial charge >= 0.3 is 5.97 Å². The number of hydrogen-bond acceptors (Lipinski definition) is 3. The van der Waals surface area contributed by atoms with Crippen LogP contribution in [0.3, 0.4) is 0 Å². The summed E-state index contributed by atoms with van der Waals surface area (Å²) in [5.41, 5.74) is 2.12. The first kappa shape index (κ1) is 22.7. The lowest BCUT2D eigenvalue weighted by atomic mass is 9.83. The van der Waals surface area contributed by atoms with E-state index in [0.717, 1.165) is 29.3 Å². The summed E-state index contributed by atoms with van der Waals surface area (Å²) in [7, 11) is 0. The zero-order valence-corrected chi connectivity index (χ0v) is 18.8. The Bertz CT molecular complexity index is 1100. The Morgan fingerprint density at radius 3 is 2.22 bits per heavy atom. The molecule has 2 unspecified atom stereocenters. The molecule has 3 aromatic rings. The van der Waals surface area contributed by atoms with Crippen molar-refractivity contribution in [2.45, 2.75) is 13.0 Å². The largest absolute Gasteiger partial charge is 0.426 e. The molecule has 0 saturated carbocycles. The van der Waals surface area contributed by atoms with E-state index in [0.29, 0.717) is 23.1 Å². The number of hydrogen-bond donors (Lipinski definition) is 0. The van der Waals surface area contributed by atoms with Crippen molar-refractivity contribution in [3.63, 3.8) is 0 Å². The molecule has 1 aliphatic heterocycles. The van der Waals surface area contributed by atoms with Crippen LogP contribution in [0, 0.1) is 23.5 Å². The van der Waals surface area contributed by atoms with Gasteiger partial charge in [0.05, 0.1) is 12.0 Å². The van der Waals surface area contributed by atoms with Gasteiger partial charge in [0.15, 0.2) is 0 Å². The van der Waals surface area contributed by atoms with Gasteiger partial charge in [-0.25, -0.2) is 8.78 Å². The molecule has 0 radical (unpaired) electrons. The lowest BCUT2D eigenvalue weighted by molar-refractivity contribution is -0.143. The van der Waals surface area contributed by atoms with E-state index in [2.05, 4.69) is 4.90 Å². The minimum absolute atomic E-state index is 0.0391. The summed E-state index contributed by atoms with van der Waals surface area (Å²) in [6.07, 6.45) is 0. The van der Waals surface area contributed by atoms with Gasteiger partial charge in [0.2, 0.25) is 0 Å². The third-order valence-corrected chi connectivity index (χ3v) is 6.27. The summed E-state index contributed by atoms with van der Waals surface area (Å²) in [6, 6.07) is 18.1. The molecule has 32 heavy (non-hydrogen) atoms. The molecule has 0 spiro atoms. The molecule has 0 aromatic heterocycles. The molecule has 7 heteroatoms. The van der Waals surface area contributed by atoms with Crippen LogP contribution in [0.1, 0.15) is 24.1 Å². The van der Waals surface area contributed by atoms with Crippen molar-refractivity contribution >= 4 is 29.2 Å². The highest BCUT2D eigenvalue weighted by molar-refractivity contribution is 6.30. The van der Waals surface area contributed by atoms with Crippen LogP contribution in [0.4, 0.5) is 8.78 Å².